The number of rotatable bonds is 7. The number of benzene rings is 1. The van der Waals surface area contributed by atoms with Gasteiger partial charge in [0, 0.05) is 18.7 Å². The van der Waals surface area contributed by atoms with Crippen LogP contribution in [0.15, 0.2) is 48.7 Å². The van der Waals surface area contributed by atoms with E-state index < -0.39 is 16.8 Å². The smallest absolute Gasteiger partial charge is 0.406 e. The average Bonchev–Trinajstić information content (AvgIpc) is 2.61. The Kier molecular flexibility index (Phi) is 5.83. The van der Waals surface area contributed by atoms with Crippen LogP contribution in [0, 0.1) is 10.1 Å². The first kappa shape index (κ1) is 17.4. The zero-order valence-corrected chi connectivity index (χ0v) is 13.6. The van der Waals surface area contributed by atoms with Crippen molar-refractivity contribution in [1.29, 1.82) is 0 Å². The lowest BCUT2D eigenvalue weighted by Gasteiger charge is -2.25. The van der Waals surface area contributed by atoms with Crippen LogP contribution in [0.1, 0.15) is 25.5 Å². The molecule has 126 valence electrons. The van der Waals surface area contributed by atoms with Crippen molar-refractivity contribution in [3.8, 4) is 5.75 Å². The Bertz CT molecular complexity index is 702. The summed E-state index contributed by atoms with van der Waals surface area (Å²) in [5.74, 6) is -0.688. The van der Waals surface area contributed by atoms with Gasteiger partial charge in [0.1, 0.15) is 6.20 Å². The second-order valence-electron chi connectivity index (χ2n) is 5.00. The van der Waals surface area contributed by atoms with Crippen LogP contribution in [-0.2, 0) is 4.79 Å². The summed E-state index contributed by atoms with van der Waals surface area (Å²) in [6.45, 7) is 4.79. The van der Waals surface area contributed by atoms with Crippen LogP contribution in [0.4, 0.5) is 5.82 Å². The largest absolute Gasteiger partial charge is 0.467 e. The van der Waals surface area contributed by atoms with E-state index in [9.17, 15) is 14.9 Å². The lowest BCUT2D eigenvalue weighted by atomic mass is 10.1. The summed E-state index contributed by atoms with van der Waals surface area (Å²) >= 11 is 0. The number of hydrogen-bond acceptors (Lipinski definition) is 5. The highest BCUT2D eigenvalue weighted by Crippen LogP contribution is 2.29. The van der Waals surface area contributed by atoms with Gasteiger partial charge in [0.15, 0.2) is 0 Å². The summed E-state index contributed by atoms with van der Waals surface area (Å²) in [6, 6.07) is 11.9. The number of pyridine rings is 1. The second-order valence-corrected chi connectivity index (χ2v) is 5.00. The molecule has 2 rings (SSSR count). The third kappa shape index (κ3) is 3.87. The van der Waals surface area contributed by atoms with E-state index in [4.69, 9.17) is 4.74 Å². The molecule has 0 bridgehead atoms. The minimum Gasteiger partial charge on any atom is -0.467 e. The number of carbonyl (C=O) groups excluding carboxylic acids is 1. The van der Waals surface area contributed by atoms with E-state index in [1.165, 1.54) is 18.3 Å². The highest BCUT2D eigenvalue weighted by molar-refractivity contribution is 5.82. The molecule has 0 radical (unpaired) electrons. The summed E-state index contributed by atoms with van der Waals surface area (Å²) in [5.41, 5.74) is 0.632. The van der Waals surface area contributed by atoms with E-state index in [1.54, 1.807) is 29.2 Å². The maximum Gasteiger partial charge on any atom is 0.406 e. The fourth-order valence-corrected chi connectivity index (χ4v) is 2.33. The minimum atomic E-state index is -0.964. The van der Waals surface area contributed by atoms with E-state index in [1.807, 2.05) is 19.9 Å². The summed E-state index contributed by atoms with van der Waals surface area (Å²) in [7, 11) is 0. The Morgan fingerprint density at radius 3 is 2.46 bits per heavy atom. The van der Waals surface area contributed by atoms with Crippen molar-refractivity contribution in [2.45, 2.75) is 20.0 Å². The summed E-state index contributed by atoms with van der Waals surface area (Å²) in [5, 5.41) is 11.1. The van der Waals surface area contributed by atoms with Gasteiger partial charge < -0.3 is 19.8 Å². The first-order chi connectivity index (χ1) is 11.6. The topological polar surface area (TPSA) is 85.6 Å². The molecule has 0 fully saturated rings. The molecule has 1 atom stereocenters. The van der Waals surface area contributed by atoms with Crippen molar-refractivity contribution >= 4 is 11.7 Å². The number of nitrogens with zero attached hydrogens (tertiary/aromatic N) is 3. The highest BCUT2D eigenvalue weighted by atomic mass is 16.6. The SMILES string of the molecule is CCN(CC)C(=O)[C@H](Oc1cccnc1[N+](=O)[O-])c1ccccc1. The molecular weight excluding hydrogens is 310 g/mol. The predicted octanol–water partition coefficient (Wildman–Crippen LogP) is 2.98. The number of likely N-dealkylation sites (N-methyl/N-ethyl adjacent to an activating group) is 1. The molecular formula is C17H19N3O4. The Morgan fingerprint density at radius 1 is 1.21 bits per heavy atom. The lowest BCUT2D eigenvalue weighted by Crippen LogP contribution is -2.37. The van der Waals surface area contributed by atoms with Crippen LogP contribution in [0.25, 0.3) is 0 Å². The first-order valence-electron chi connectivity index (χ1n) is 7.68. The highest BCUT2D eigenvalue weighted by Gasteiger charge is 2.29. The van der Waals surface area contributed by atoms with Crippen LogP contribution in [0.2, 0.25) is 0 Å². The Morgan fingerprint density at radius 2 is 1.88 bits per heavy atom. The van der Waals surface area contributed by atoms with Gasteiger partial charge in [-0.1, -0.05) is 30.3 Å². The molecule has 2 aromatic rings. The Hall–Kier alpha value is -2.96. The predicted molar refractivity (Wildman–Crippen MR) is 88.6 cm³/mol. The monoisotopic (exact) mass is 329 g/mol. The number of amides is 1. The second kappa shape index (κ2) is 8.05. The summed E-state index contributed by atoms with van der Waals surface area (Å²) < 4.78 is 5.74. The molecule has 0 saturated heterocycles. The number of carbonyl (C=O) groups is 1. The van der Waals surface area contributed by atoms with Gasteiger partial charge in [-0.2, -0.15) is 0 Å². The summed E-state index contributed by atoms with van der Waals surface area (Å²) in [6.07, 6.45) is 0.350. The fraction of sp³-hybridized carbons (Fsp3) is 0.294. The number of ether oxygens (including phenoxy) is 1. The minimum absolute atomic E-state index is 0.0307. The van der Waals surface area contributed by atoms with Crippen LogP contribution >= 0.6 is 0 Å². The molecule has 0 unspecified atom stereocenters. The Balaban J connectivity index is 2.41. The maximum atomic E-state index is 12.8. The standard InChI is InChI=1S/C17H19N3O4/c1-3-19(4-2)17(21)15(13-9-6-5-7-10-13)24-14-11-8-12-18-16(14)20(22)23/h5-12,15H,3-4H2,1-2H3/t15-/m1/s1. The van der Waals surface area contributed by atoms with E-state index >= 15 is 0 Å². The zero-order chi connectivity index (χ0) is 17.5. The zero-order valence-electron chi connectivity index (χ0n) is 13.6. The molecule has 0 N–H and O–H groups in total. The van der Waals surface area contributed by atoms with Gasteiger partial charge in [-0.05, 0) is 35.9 Å². The lowest BCUT2D eigenvalue weighted by molar-refractivity contribution is -0.390. The van der Waals surface area contributed by atoms with Crippen molar-refractivity contribution in [2.24, 2.45) is 0 Å². The number of aromatic nitrogens is 1. The molecule has 0 spiro atoms. The molecule has 0 aliphatic carbocycles. The van der Waals surface area contributed by atoms with Gasteiger partial charge in [-0.15, -0.1) is 0 Å². The molecule has 1 heterocycles. The van der Waals surface area contributed by atoms with Gasteiger partial charge in [-0.3, -0.25) is 4.79 Å². The molecule has 7 heteroatoms. The third-order valence-corrected chi connectivity index (χ3v) is 3.57. The Labute approximate surface area is 140 Å². The van der Waals surface area contributed by atoms with Crippen LogP contribution in [0.3, 0.4) is 0 Å². The maximum absolute atomic E-state index is 12.8. The average molecular weight is 329 g/mol. The molecule has 24 heavy (non-hydrogen) atoms. The van der Waals surface area contributed by atoms with Crippen LogP contribution in [-0.4, -0.2) is 33.8 Å². The van der Waals surface area contributed by atoms with Crippen LogP contribution in [0.5, 0.6) is 5.75 Å². The van der Waals surface area contributed by atoms with Gasteiger partial charge in [0.2, 0.25) is 11.9 Å². The van der Waals surface area contributed by atoms with Gasteiger partial charge >= 0.3 is 5.82 Å². The molecule has 0 aliphatic heterocycles. The normalized spacial score (nSPS) is 11.6. The van der Waals surface area contributed by atoms with Gasteiger partial charge in [0.05, 0.1) is 0 Å². The van der Waals surface area contributed by atoms with Crippen molar-refractivity contribution < 1.29 is 14.5 Å². The van der Waals surface area contributed by atoms with E-state index in [2.05, 4.69) is 4.98 Å². The van der Waals surface area contributed by atoms with E-state index in [0.29, 0.717) is 18.7 Å². The quantitative estimate of drug-likeness (QED) is 0.576. The fourth-order valence-electron chi connectivity index (χ4n) is 2.33. The first-order valence-corrected chi connectivity index (χ1v) is 7.68. The molecule has 0 aliphatic rings. The van der Waals surface area contributed by atoms with Gasteiger partial charge in [0.25, 0.3) is 5.91 Å². The van der Waals surface area contributed by atoms with E-state index in [-0.39, 0.29) is 11.7 Å². The van der Waals surface area contributed by atoms with Crippen molar-refractivity contribution in [3.05, 3.63) is 64.3 Å². The number of hydrogen-bond donors (Lipinski definition) is 0. The van der Waals surface area contributed by atoms with Crippen LogP contribution < -0.4 is 4.74 Å². The van der Waals surface area contributed by atoms with E-state index in [0.717, 1.165) is 0 Å². The molecule has 7 nitrogen and oxygen atoms in total. The molecule has 1 amide bonds. The molecule has 1 aromatic carbocycles. The van der Waals surface area contributed by atoms with Crippen molar-refractivity contribution in [1.82, 2.24) is 9.88 Å². The van der Waals surface area contributed by atoms with Crippen molar-refractivity contribution in [3.63, 3.8) is 0 Å². The van der Waals surface area contributed by atoms with Crippen molar-refractivity contribution in [2.75, 3.05) is 13.1 Å². The molecule has 0 saturated carbocycles. The van der Waals surface area contributed by atoms with Gasteiger partial charge in [-0.25, -0.2) is 0 Å². The summed E-state index contributed by atoms with van der Waals surface area (Å²) in [4.78, 5) is 28.6. The number of nitro groups is 1. The third-order valence-electron chi connectivity index (χ3n) is 3.57. The molecule has 1 aromatic heterocycles.